The summed E-state index contributed by atoms with van der Waals surface area (Å²) in [5, 5.41) is 15.5. The monoisotopic (exact) mass is 492 g/mol. The second kappa shape index (κ2) is 8.28. The first-order valence-electron chi connectivity index (χ1n) is 11.7. The van der Waals surface area contributed by atoms with Gasteiger partial charge in [-0.1, -0.05) is 12.1 Å². The van der Waals surface area contributed by atoms with Gasteiger partial charge in [-0.05, 0) is 42.7 Å². The summed E-state index contributed by atoms with van der Waals surface area (Å²) in [6.45, 7) is 2.27. The van der Waals surface area contributed by atoms with Crippen LogP contribution in [0.1, 0.15) is 18.4 Å². The first-order chi connectivity index (χ1) is 17.3. The predicted molar refractivity (Wildman–Crippen MR) is 130 cm³/mol. The Bertz CT molecular complexity index is 1610. The molecule has 36 heavy (non-hydrogen) atoms. The molecule has 1 fully saturated rings. The van der Waals surface area contributed by atoms with Gasteiger partial charge in [0, 0.05) is 33.2 Å². The molecule has 1 saturated heterocycles. The predicted octanol–water partition coefficient (Wildman–Crippen LogP) is 1.74. The van der Waals surface area contributed by atoms with E-state index in [2.05, 4.69) is 20.0 Å². The fourth-order valence-electron chi connectivity index (χ4n) is 4.94. The highest BCUT2D eigenvalue weighted by Crippen LogP contribution is 2.33. The average Bonchev–Trinajstić information content (AvgIpc) is 3.60. The molecule has 0 radical (unpaired) electrons. The molecule has 11 nitrogen and oxygen atoms in total. The van der Waals surface area contributed by atoms with Crippen LogP contribution in [0, 0.1) is 5.82 Å². The number of anilines is 1. The van der Waals surface area contributed by atoms with Crippen LogP contribution in [0.2, 0.25) is 0 Å². The number of aryl methyl sites for hydroxylation is 1. The van der Waals surface area contributed by atoms with E-state index in [1.54, 1.807) is 35.9 Å². The lowest BCUT2D eigenvalue weighted by molar-refractivity contribution is -0.0264. The van der Waals surface area contributed by atoms with Crippen LogP contribution in [-0.2, 0) is 19.2 Å². The van der Waals surface area contributed by atoms with Crippen molar-refractivity contribution in [1.29, 1.82) is 0 Å². The van der Waals surface area contributed by atoms with Gasteiger partial charge in [0.15, 0.2) is 17.1 Å². The van der Waals surface area contributed by atoms with Crippen LogP contribution in [0.5, 0.6) is 0 Å². The third-order valence-electron chi connectivity index (χ3n) is 7.02. The van der Waals surface area contributed by atoms with Gasteiger partial charge in [-0.15, -0.1) is 5.10 Å². The SMILES string of the molecule is Cn1c(=O)n(CCN2CCC(O)(c3ccc(F)cc3)CC2)c2nc(N)n3nc(-c4ccco4)nc3c21. The van der Waals surface area contributed by atoms with Crippen molar-refractivity contribution in [3.63, 3.8) is 0 Å². The van der Waals surface area contributed by atoms with Crippen LogP contribution in [0.25, 0.3) is 28.4 Å². The van der Waals surface area contributed by atoms with E-state index in [0.29, 0.717) is 67.4 Å². The molecule has 4 aromatic heterocycles. The van der Waals surface area contributed by atoms with E-state index in [-0.39, 0.29) is 17.5 Å². The van der Waals surface area contributed by atoms with Gasteiger partial charge in [0.05, 0.1) is 11.9 Å². The summed E-state index contributed by atoms with van der Waals surface area (Å²) >= 11 is 0. The third-order valence-corrected chi connectivity index (χ3v) is 7.02. The lowest BCUT2D eigenvalue weighted by Crippen LogP contribution is -2.44. The van der Waals surface area contributed by atoms with Crippen molar-refractivity contribution in [2.75, 3.05) is 25.4 Å². The van der Waals surface area contributed by atoms with Crippen molar-refractivity contribution in [2.24, 2.45) is 7.05 Å². The second-order valence-corrected chi connectivity index (χ2v) is 9.16. The van der Waals surface area contributed by atoms with E-state index in [1.807, 2.05) is 0 Å². The summed E-state index contributed by atoms with van der Waals surface area (Å²) < 4.78 is 23.2. The largest absolute Gasteiger partial charge is 0.461 e. The number of fused-ring (bicyclic) bond motifs is 3. The summed E-state index contributed by atoms with van der Waals surface area (Å²) in [5.74, 6) is 0.629. The lowest BCUT2D eigenvalue weighted by atomic mass is 9.84. The van der Waals surface area contributed by atoms with Crippen molar-refractivity contribution in [3.8, 4) is 11.6 Å². The molecule has 0 amide bonds. The Morgan fingerprint density at radius 3 is 2.56 bits per heavy atom. The van der Waals surface area contributed by atoms with Crippen molar-refractivity contribution < 1.29 is 13.9 Å². The summed E-state index contributed by atoms with van der Waals surface area (Å²) in [4.78, 5) is 24.4. The van der Waals surface area contributed by atoms with Gasteiger partial charge in [0.2, 0.25) is 11.8 Å². The molecule has 0 atom stereocenters. The molecule has 0 saturated carbocycles. The molecule has 0 bridgehead atoms. The Kier molecular flexibility index (Phi) is 5.16. The highest BCUT2D eigenvalue weighted by atomic mass is 19.1. The number of furan rings is 1. The van der Waals surface area contributed by atoms with E-state index in [1.165, 1.54) is 27.5 Å². The van der Waals surface area contributed by atoms with Crippen LogP contribution in [-0.4, -0.2) is 58.4 Å². The second-order valence-electron chi connectivity index (χ2n) is 9.16. The fourth-order valence-corrected chi connectivity index (χ4v) is 4.94. The van der Waals surface area contributed by atoms with Gasteiger partial charge in [-0.25, -0.2) is 14.2 Å². The summed E-state index contributed by atoms with van der Waals surface area (Å²) in [6.07, 6.45) is 2.57. The number of halogens is 1. The first kappa shape index (κ1) is 22.4. The van der Waals surface area contributed by atoms with Crippen molar-refractivity contribution >= 4 is 22.8 Å². The molecule has 5 heterocycles. The zero-order valence-electron chi connectivity index (χ0n) is 19.6. The molecule has 0 unspecified atom stereocenters. The molecule has 186 valence electrons. The molecule has 6 rings (SSSR count). The average molecular weight is 493 g/mol. The third kappa shape index (κ3) is 3.57. The number of hydrogen-bond donors (Lipinski definition) is 2. The Hall–Kier alpha value is -4.03. The molecule has 3 N–H and O–H groups in total. The van der Waals surface area contributed by atoms with Gasteiger partial charge < -0.3 is 20.2 Å². The number of nitrogen functional groups attached to an aromatic ring is 1. The number of piperidine rings is 1. The first-order valence-corrected chi connectivity index (χ1v) is 11.7. The maximum Gasteiger partial charge on any atom is 0.330 e. The van der Waals surface area contributed by atoms with Crippen molar-refractivity contribution in [2.45, 2.75) is 25.0 Å². The van der Waals surface area contributed by atoms with Crippen LogP contribution in [0.3, 0.4) is 0 Å². The highest BCUT2D eigenvalue weighted by molar-refractivity contribution is 5.88. The quantitative estimate of drug-likeness (QED) is 0.379. The van der Waals surface area contributed by atoms with Crippen LogP contribution < -0.4 is 11.4 Å². The standard InChI is InChI=1S/C24H25FN8O3/c1-30-18-20(28-22(26)33-21(18)27-19(29-33)17-3-2-14-36-17)32(23(30)34)13-12-31-10-8-24(35,9-11-31)15-4-6-16(25)7-5-15/h2-7,14,35H,8-13H2,1H3,(H2,26,28). The minimum atomic E-state index is -0.985. The van der Waals surface area contributed by atoms with Crippen molar-refractivity contribution in [3.05, 3.63) is 64.5 Å². The number of imidazole rings is 1. The summed E-state index contributed by atoms with van der Waals surface area (Å²) in [7, 11) is 1.67. The van der Waals surface area contributed by atoms with Crippen LogP contribution in [0.4, 0.5) is 10.3 Å². The molecule has 1 aromatic carbocycles. The van der Waals surface area contributed by atoms with E-state index in [0.717, 1.165) is 5.56 Å². The van der Waals surface area contributed by atoms with Gasteiger partial charge in [0.1, 0.15) is 11.3 Å². The van der Waals surface area contributed by atoms with Gasteiger partial charge >= 0.3 is 5.69 Å². The molecule has 1 aliphatic heterocycles. The van der Waals surface area contributed by atoms with Crippen LogP contribution in [0.15, 0.2) is 51.9 Å². The molecule has 0 spiro atoms. The minimum Gasteiger partial charge on any atom is -0.461 e. The number of hydrogen-bond acceptors (Lipinski definition) is 8. The van der Waals surface area contributed by atoms with Gasteiger partial charge in [0.25, 0.3) is 0 Å². The number of benzene rings is 1. The Morgan fingerprint density at radius 2 is 1.86 bits per heavy atom. The maximum absolute atomic E-state index is 13.3. The number of nitrogens with two attached hydrogens (primary N) is 1. The molecular formula is C24H25FN8O3. The fraction of sp³-hybridized carbons (Fsp3) is 0.333. The summed E-state index contributed by atoms with van der Waals surface area (Å²) in [6, 6.07) is 9.50. The van der Waals surface area contributed by atoms with E-state index >= 15 is 0 Å². The molecule has 1 aliphatic rings. The van der Waals surface area contributed by atoms with Gasteiger partial charge in [-0.2, -0.15) is 9.50 Å². The number of likely N-dealkylation sites (tertiary alicyclic amines) is 1. The van der Waals surface area contributed by atoms with Gasteiger partial charge in [-0.3, -0.25) is 9.13 Å². The van der Waals surface area contributed by atoms with Crippen molar-refractivity contribution in [1.82, 2.24) is 33.6 Å². The highest BCUT2D eigenvalue weighted by Gasteiger charge is 2.34. The lowest BCUT2D eigenvalue weighted by Gasteiger charge is -2.38. The van der Waals surface area contributed by atoms with E-state index < -0.39 is 5.60 Å². The normalized spacial score (nSPS) is 16.3. The van der Waals surface area contributed by atoms with Crippen LogP contribution >= 0.6 is 0 Å². The zero-order chi connectivity index (χ0) is 25.0. The number of aliphatic hydroxyl groups is 1. The number of aromatic nitrogens is 6. The topological polar surface area (TPSA) is 133 Å². The molecule has 0 aliphatic carbocycles. The Morgan fingerprint density at radius 1 is 1.11 bits per heavy atom. The zero-order valence-corrected chi connectivity index (χ0v) is 19.6. The minimum absolute atomic E-state index is 0.115. The van der Waals surface area contributed by atoms with E-state index in [4.69, 9.17) is 10.2 Å². The van der Waals surface area contributed by atoms with E-state index in [9.17, 15) is 14.3 Å². The Labute approximate surface area is 204 Å². The molecule has 5 aromatic rings. The Balaban J connectivity index is 1.25. The molecule has 12 heteroatoms. The summed E-state index contributed by atoms with van der Waals surface area (Å²) in [5.41, 5.74) is 7.08. The number of nitrogens with zero attached hydrogens (tertiary/aromatic N) is 7. The molecular weight excluding hydrogens is 467 g/mol. The maximum atomic E-state index is 13.3. The smallest absolute Gasteiger partial charge is 0.330 e. The number of rotatable bonds is 5.